The van der Waals surface area contributed by atoms with Gasteiger partial charge in [0, 0.05) is 7.11 Å². The minimum atomic E-state index is -0.579. The third kappa shape index (κ3) is 5.16. The molecule has 22 heavy (non-hydrogen) atoms. The normalized spacial score (nSPS) is 22.6. The van der Waals surface area contributed by atoms with Crippen molar-refractivity contribution in [2.75, 3.05) is 13.7 Å². The number of amides is 1. The molecule has 1 aliphatic heterocycles. The highest BCUT2D eigenvalue weighted by Crippen LogP contribution is 2.28. The second-order valence-electron chi connectivity index (χ2n) is 7.66. The summed E-state index contributed by atoms with van der Waals surface area (Å²) in [6, 6.07) is -0.217. The summed E-state index contributed by atoms with van der Waals surface area (Å²) in [5.74, 6) is -0.280. The maximum Gasteiger partial charge on any atom is 0.412 e. The lowest BCUT2D eigenvalue weighted by atomic mass is 9.97. The number of likely N-dealkylation sites (tertiary alicyclic amines) is 1. The molecule has 0 bridgehead atoms. The Kier molecular flexibility index (Phi) is 5.84. The van der Waals surface area contributed by atoms with Gasteiger partial charge in [0.1, 0.15) is 18.4 Å². The van der Waals surface area contributed by atoms with Gasteiger partial charge < -0.3 is 14.2 Å². The molecule has 1 heterocycles. The number of nitrogens with zero attached hydrogens (tertiary/aromatic N) is 1. The monoisotopic (exact) mass is 315 g/mol. The number of ether oxygens (including phenoxy) is 3. The molecule has 1 saturated heterocycles. The van der Waals surface area contributed by atoms with E-state index in [0.717, 1.165) is 6.42 Å². The Morgan fingerprint density at radius 2 is 1.68 bits per heavy atom. The largest absolute Gasteiger partial charge is 0.463 e. The lowest BCUT2D eigenvalue weighted by Crippen LogP contribution is -2.47. The minimum Gasteiger partial charge on any atom is -0.463 e. The molecular formula is C16H29NO5. The highest BCUT2D eigenvalue weighted by atomic mass is 16.6. The fraction of sp³-hybridized carbons (Fsp3) is 0.875. The topological polar surface area (TPSA) is 65.1 Å². The number of rotatable bonds is 3. The van der Waals surface area contributed by atoms with Crippen LogP contribution in [0.15, 0.2) is 0 Å². The number of hydrogen-bond donors (Lipinski definition) is 0. The predicted octanol–water partition coefficient (Wildman–Crippen LogP) is 2.95. The number of hydrogen-bond acceptors (Lipinski definition) is 5. The fourth-order valence-electron chi connectivity index (χ4n) is 2.21. The highest BCUT2D eigenvalue weighted by molar-refractivity contribution is 5.75. The molecular weight excluding hydrogens is 286 g/mol. The van der Waals surface area contributed by atoms with Crippen LogP contribution in [0, 0.1) is 5.41 Å². The van der Waals surface area contributed by atoms with Crippen LogP contribution in [0.1, 0.15) is 54.4 Å². The molecule has 1 amide bonds. The molecule has 2 atom stereocenters. The van der Waals surface area contributed by atoms with Crippen molar-refractivity contribution in [1.29, 1.82) is 0 Å². The van der Waals surface area contributed by atoms with Crippen LogP contribution in [0.2, 0.25) is 0 Å². The van der Waals surface area contributed by atoms with E-state index in [-0.39, 0.29) is 24.8 Å². The molecule has 0 aliphatic carbocycles. The first-order chi connectivity index (χ1) is 9.95. The van der Waals surface area contributed by atoms with Gasteiger partial charge in [0.05, 0.1) is 11.5 Å². The van der Waals surface area contributed by atoms with Gasteiger partial charge in [-0.25, -0.2) is 4.79 Å². The lowest BCUT2D eigenvalue weighted by Gasteiger charge is -2.32. The SMILES string of the molecule is COC1CC[C@@H](COC(=O)C(C)(C)C)N1C(=O)OC(C)(C)C. The lowest BCUT2D eigenvalue weighted by molar-refractivity contribution is -0.155. The molecule has 1 rings (SSSR count). The van der Waals surface area contributed by atoms with Gasteiger partial charge in [0.2, 0.25) is 0 Å². The average molecular weight is 315 g/mol. The molecule has 0 spiro atoms. The van der Waals surface area contributed by atoms with Crippen LogP contribution in [0.3, 0.4) is 0 Å². The van der Waals surface area contributed by atoms with Crippen molar-refractivity contribution in [3.8, 4) is 0 Å². The molecule has 1 fully saturated rings. The summed E-state index contributed by atoms with van der Waals surface area (Å²) in [5, 5.41) is 0. The van der Waals surface area contributed by atoms with E-state index in [0.29, 0.717) is 6.42 Å². The van der Waals surface area contributed by atoms with E-state index in [2.05, 4.69) is 0 Å². The van der Waals surface area contributed by atoms with Gasteiger partial charge in [-0.05, 0) is 54.4 Å². The van der Waals surface area contributed by atoms with Crippen molar-refractivity contribution < 1.29 is 23.8 Å². The average Bonchev–Trinajstić information content (AvgIpc) is 2.75. The Bertz CT molecular complexity index is 408. The Balaban J connectivity index is 2.72. The third-order valence-electron chi connectivity index (χ3n) is 3.35. The van der Waals surface area contributed by atoms with Crippen molar-refractivity contribution in [3.05, 3.63) is 0 Å². The molecule has 0 aromatic carbocycles. The van der Waals surface area contributed by atoms with Crippen LogP contribution >= 0.6 is 0 Å². The molecule has 6 heteroatoms. The van der Waals surface area contributed by atoms with Crippen molar-refractivity contribution >= 4 is 12.1 Å². The molecule has 6 nitrogen and oxygen atoms in total. The summed E-state index contributed by atoms with van der Waals surface area (Å²) in [6.07, 6.45) is 0.643. The highest BCUT2D eigenvalue weighted by Gasteiger charge is 2.40. The quantitative estimate of drug-likeness (QED) is 0.749. The van der Waals surface area contributed by atoms with Crippen molar-refractivity contribution in [2.45, 2.75) is 72.3 Å². The van der Waals surface area contributed by atoms with E-state index in [4.69, 9.17) is 14.2 Å². The summed E-state index contributed by atoms with van der Waals surface area (Å²) in [5.41, 5.74) is -1.14. The summed E-state index contributed by atoms with van der Waals surface area (Å²) >= 11 is 0. The van der Waals surface area contributed by atoms with E-state index in [1.54, 1.807) is 32.8 Å². The molecule has 0 saturated carbocycles. The number of esters is 1. The zero-order chi connectivity index (χ0) is 17.1. The van der Waals surface area contributed by atoms with Crippen LogP contribution in [-0.4, -0.2) is 48.5 Å². The summed E-state index contributed by atoms with van der Waals surface area (Å²) < 4.78 is 16.1. The number of carbonyl (C=O) groups is 2. The van der Waals surface area contributed by atoms with E-state index >= 15 is 0 Å². The zero-order valence-corrected chi connectivity index (χ0v) is 14.8. The van der Waals surface area contributed by atoms with Gasteiger partial charge in [-0.15, -0.1) is 0 Å². The van der Waals surface area contributed by atoms with Crippen LogP contribution in [0.25, 0.3) is 0 Å². The number of methoxy groups -OCH3 is 1. The van der Waals surface area contributed by atoms with Crippen LogP contribution in [-0.2, 0) is 19.0 Å². The van der Waals surface area contributed by atoms with E-state index in [9.17, 15) is 9.59 Å². The second-order valence-corrected chi connectivity index (χ2v) is 7.66. The first-order valence-electron chi connectivity index (χ1n) is 7.67. The maximum atomic E-state index is 12.4. The fourth-order valence-corrected chi connectivity index (χ4v) is 2.21. The summed E-state index contributed by atoms with van der Waals surface area (Å²) in [7, 11) is 1.56. The Morgan fingerprint density at radius 1 is 1.09 bits per heavy atom. The van der Waals surface area contributed by atoms with Crippen LogP contribution in [0.5, 0.6) is 0 Å². The molecule has 0 aromatic rings. The first-order valence-corrected chi connectivity index (χ1v) is 7.67. The van der Waals surface area contributed by atoms with Gasteiger partial charge >= 0.3 is 12.1 Å². The van der Waals surface area contributed by atoms with Gasteiger partial charge in [0.15, 0.2) is 0 Å². The molecule has 0 aromatic heterocycles. The second kappa shape index (κ2) is 6.86. The molecule has 1 aliphatic rings. The Morgan fingerprint density at radius 3 is 2.14 bits per heavy atom. The minimum absolute atomic E-state index is 0.162. The summed E-state index contributed by atoms with van der Waals surface area (Å²) in [6.45, 7) is 11.0. The van der Waals surface area contributed by atoms with Crippen molar-refractivity contribution in [2.24, 2.45) is 5.41 Å². The zero-order valence-electron chi connectivity index (χ0n) is 14.8. The van der Waals surface area contributed by atoms with Crippen LogP contribution < -0.4 is 0 Å². The van der Waals surface area contributed by atoms with E-state index in [1.165, 1.54) is 0 Å². The van der Waals surface area contributed by atoms with E-state index in [1.807, 2.05) is 20.8 Å². The first kappa shape index (κ1) is 18.7. The standard InChI is InChI=1S/C16H29NO5/c1-15(2,3)13(18)21-10-11-8-9-12(20-7)17(11)14(19)22-16(4,5)6/h11-12H,8-10H2,1-7H3/t11-,12?/m0/s1. The van der Waals surface area contributed by atoms with Gasteiger partial charge in [0.25, 0.3) is 0 Å². The summed E-state index contributed by atoms with van der Waals surface area (Å²) in [4.78, 5) is 25.8. The smallest absolute Gasteiger partial charge is 0.412 e. The molecule has 1 unspecified atom stereocenters. The van der Waals surface area contributed by atoms with Gasteiger partial charge in [-0.1, -0.05) is 0 Å². The van der Waals surface area contributed by atoms with Gasteiger partial charge in [-0.3, -0.25) is 9.69 Å². The Hall–Kier alpha value is -1.30. The molecule has 0 N–H and O–H groups in total. The predicted molar refractivity (Wildman–Crippen MR) is 82.3 cm³/mol. The van der Waals surface area contributed by atoms with Crippen molar-refractivity contribution in [1.82, 2.24) is 4.90 Å². The molecule has 0 radical (unpaired) electrons. The number of carbonyl (C=O) groups excluding carboxylic acids is 2. The van der Waals surface area contributed by atoms with Gasteiger partial charge in [-0.2, -0.15) is 0 Å². The Labute approximate surface area is 133 Å². The molecule has 128 valence electrons. The van der Waals surface area contributed by atoms with E-state index < -0.39 is 17.1 Å². The van der Waals surface area contributed by atoms with Crippen molar-refractivity contribution in [3.63, 3.8) is 0 Å². The maximum absolute atomic E-state index is 12.4. The van der Waals surface area contributed by atoms with Crippen LogP contribution in [0.4, 0.5) is 4.79 Å². The third-order valence-corrected chi connectivity index (χ3v) is 3.35.